The summed E-state index contributed by atoms with van der Waals surface area (Å²) in [6, 6.07) is 7.84. The molecule has 0 unspecified atom stereocenters. The maximum absolute atomic E-state index is 12.6. The smallest absolute Gasteiger partial charge is 0.269 e. The second kappa shape index (κ2) is 7.71. The van der Waals surface area contributed by atoms with Crippen LogP contribution in [0.15, 0.2) is 41.3 Å². The van der Waals surface area contributed by atoms with Crippen molar-refractivity contribution in [1.29, 1.82) is 0 Å². The van der Waals surface area contributed by atoms with E-state index in [9.17, 15) is 23.3 Å². The summed E-state index contributed by atoms with van der Waals surface area (Å²) in [7, 11) is -4.03. The van der Waals surface area contributed by atoms with Gasteiger partial charge in [-0.3, -0.25) is 19.6 Å². The molecule has 2 aromatic carbocycles. The van der Waals surface area contributed by atoms with Crippen molar-refractivity contribution < 1.29 is 18.1 Å². The van der Waals surface area contributed by atoms with Crippen LogP contribution in [0.3, 0.4) is 0 Å². The van der Waals surface area contributed by atoms with E-state index in [-0.39, 0.29) is 39.2 Å². The van der Waals surface area contributed by atoms with Crippen molar-refractivity contribution in [1.82, 2.24) is 0 Å². The standard InChI is InChI=1S/C16H16ClN3O5S/c1-3-16(21)18-11-4-6-13(17)14(9-11)19-26(24,25)15-7-5-12(20(22)23)8-10(15)2/h4-9,19H,3H2,1-2H3,(H,18,21). The summed E-state index contributed by atoms with van der Waals surface area (Å²) >= 11 is 6.04. The van der Waals surface area contributed by atoms with Crippen LogP contribution in [-0.2, 0) is 14.8 Å². The van der Waals surface area contributed by atoms with Crippen molar-refractivity contribution >= 4 is 44.6 Å². The summed E-state index contributed by atoms with van der Waals surface area (Å²) in [5.41, 5.74) is 0.486. The predicted molar refractivity (Wildman–Crippen MR) is 99.0 cm³/mol. The van der Waals surface area contributed by atoms with Crippen LogP contribution in [0.2, 0.25) is 5.02 Å². The van der Waals surface area contributed by atoms with E-state index in [0.717, 1.165) is 12.1 Å². The van der Waals surface area contributed by atoms with Crippen molar-refractivity contribution in [2.24, 2.45) is 0 Å². The predicted octanol–water partition coefficient (Wildman–Crippen LogP) is 3.71. The lowest BCUT2D eigenvalue weighted by Crippen LogP contribution is -2.15. The van der Waals surface area contributed by atoms with Crippen molar-refractivity contribution in [3.63, 3.8) is 0 Å². The maximum atomic E-state index is 12.6. The molecule has 0 aromatic heterocycles. The van der Waals surface area contributed by atoms with E-state index in [0.29, 0.717) is 5.69 Å². The molecule has 10 heteroatoms. The summed E-state index contributed by atoms with van der Waals surface area (Å²) in [5.74, 6) is -0.229. The molecule has 8 nitrogen and oxygen atoms in total. The highest BCUT2D eigenvalue weighted by atomic mass is 35.5. The van der Waals surface area contributed by atoms with Gasteiger partial charge in [-0.25, -0.2) is 8.42 Å². The van der Waals surface area contributed by atoms with Crippen LogP contribution < -0.4 is 10.0 Å². The molecule has 2 N–H and O–H groups in total. The lowest BCUT2D eigenvalue weighted by molar-refractivity contribution is -0.385. The Balaban J connectivity index is 2.36. The maximum Gasteiger partial charge on any atom is 0.269 e. The van der Waals surface area contributed by atoms with Gasteiger partial charge in [0.15, 0.2) is 0 Å². The normalized spacial score (nSPS) is 11.0. The van der Waals surface area contributed by atoms with Crippen molar-refractivity contribution in [3.8, 4) is 0 Å². The van der Waals surface area contributed by atoms with Crippen molar-refractivity contribution in [2.45, 2.75) is 25.2 Å². The monoisotopic (exact) mass is 397 g/mol. The molecule has 0 atom stereocenters. The molecule has 0 aliphatic rings. The average molecular weight is 398 g/mol. The number of nitrogens with one attached hydrogen (secondary N) is 2. The number of halogens is 1. The molecule has 2 rings (SSSR count). The van der Waals surface area contributed by atoms with Gasteiger partial charge in [-0.15, -0.1) is 0 Å². The highest BCUT2D eigenvalue weighted by Crippen LogP contribution is 2.29. The molecule has 0 aliphatic heterocycles. The van der Waals surface area contributed by atoms with Gasteiger partial charge in [0.2, 0.25) is 5.91 Å². The lowest BCUT2D eigenvalue weighted by Gasteiger charge is -2.13. The zero-order valence-corrected chi connectivity index (χ0v) is 15.5. The SMILES string of the molecule is CCC(=O)Nc1ccc(Cl)c(NS(=O)(=O)c2ccc([N+](=O)[O-])cc2C)c1. The fourth-order valence-electron chi connectivity index (χ4n) is 2.18. The lowest BCUT2D eigenvalue weighted by atomic mass is 10.2. The van der Waals surface area contributed by atoms with Gasteiger partial charge in [0, 0.05) is 24.2 Å². The molecule has 0 fully saturated rings. The first-order valence-corrected chi connectivity index (χ1v) is 9.37. The van der Waals surface area contributed by atoms with Crippen molar-refractivity contribution in [2.75, 3.05) is 10.0 Å². The number of nitrogens with zero attached hydrogens (tertiary/aromatic N) is 1. The van der Waals surface area contributed by atoms with Crippen LogP contribution in [-0.4, -0.2) is 19.2 Å². The number of nitro groups is 1. The summed E-state index contributed by atoms with van der Waals surface area (Å²) in [4.78, 5) is 21.6. The van der Waals surface area contributed by atoms with Crippen LogP contribution in [0.25, 0.3) is 0 Å². The second-order valence-electron chi connectivity index (χ2n) is 5.41. The number of rotatable bonds is 6. The molecule has 0 bridgehead atoms. The minimum atomic E-state index is -4.03. The minimum Gasteiger partial charge on any atom is -0.326 e. The highest BCUT2D eigenvalue weighted by molar-refractivity contribution is 7.92. The van der Waals surface area contributed by atoms with Gasteiger partial charge in [0.25, 0.3) is 15.7 Å². The first-order chi connectivity index (χ1) is 12.1. The second-order valence-corrected chi connectivity index (χ2v) is 7.47. The van der Waals surface area contributed by atoms with E-state index in [2.05, 4.69) is 10.0 Å². The largest absolute Gasteiger partial charge is 0.326 e. The van der Waals surface area contributed by atoms with Gasteiger partial charge in [-0.1, -0.05) is 18.5 Å². The van der Waals surface area contributed by atoms with Crippen LogP contribution >= 0.6 is 11.6 Å². The summed E-state index contributed by atoms with van der Waals surface area (Å²) in [6.07, 6.45) is 0.270. The van der Waals surface area contributed by atoms with Crippen LogP contribution in [0.1, 0.15) is 18.9 Å². The first kappa shape index (κ1) is 19.7. The Morgan fingerprint density at radius 1 is 1.23 bits per heavy atom. The molecule has 1 amide bonds. The molecule has 0 saturated carbocycles. The number of sulfonamides is 1. The molecule has 0 radical (unpaired) electrons. The number of hydrogen-bond donors (Lipinski definition) is 2. The van der Waals surface area contributed by atoms with Gasteiger partial charge in [-0.2, -0.15) is 0 Å². The Morgan fingerprint density at radius 3 is 2.50 bits per heavy atom. The number of carbonyl (C=O) groups is 1. The molecule has 0 heterocycles. The summed E-state index contributed by atoms with van der Waals surface area (Å²) in [6.45, 7) is 3.15. The third-order valence-electron chi connectivity index (χ3n) is 3.47. The third-order valence-corrected chi connectivity index (χ3v) is 5.33. The fraction of sp³-hybridized carbons (Fsp3) is 0.188. The number of carbonyl (C=O) groups excluding carboxylic acids is 1. The summed E-state index contributed by atoms with van der Waals surface area (Å²) in [5, 5.41) is 13.5. The Hall–Kier alpha value is -2.65. The van der Waals surface area contributed by atoms with E-state index in [1.54, 1.807) is 13.0 Å². The van der Waals surface area contributed by atoms with Gasteiger partial charge in [-0.05, 0) is 36.8 Å². The molecule has 2 aromatic rings. The van der Waals surface area contributed by atoms with Crippen LogP contribution in [0, 0.1) is 17.0 Å². The van der Waals surface area contributed by atoms with Gasteiger partial charge in [0.05, 0.1) is 20.5 Å². The van der Waals surface area contributed by atoms with Crippen molar-refractivity contribution in [3.05, 3.63) is 57.1 Å². The Morgan fingerprint density at radius 2 is 1.92 bits per heavy atom. The van der Waals surface area contributed by atoms with Gasteiger partial charge >= 0.3 is 0 Å². The van der Waals surface area contributed by atoms with Gasteiger partial charge in [0.1, 0.15) is 0 Å². The molecule has 0 spiro atoms. The number of amides is 1. The average Bonchev–Trinajstić information content (AvgIpc) is 2.57. The minimum absolute atomic E-state index is 0.0818. The fourth-order valence-corrected chi connectivity index (χ4v) is 3.70. The Kier molecular flexibility index (Phi) is 5.83. The Labute approximate surface area is 155 Å². The number of non-ortho nitro benzene ring substituents is 1. The van der Waals surface area contributed by atoms with Crippen LogP contribution in [0.4, 0.5) is 17.1 Å². The number of benzene rings is 2. The molecular formula is C16H16ClN3O5S. The molecule has 0 saturated heterocycles. The Bertz CT molecular complexity index is 976. The van der Waals surface area contributed by atoms with E-state index in [4.69, 9.17) is 11.6 Å². The van der Waals surface area contributed by atoms with E-state index < -0.39 is 14.9 Å². The van der Waals surface area contributed by atoms with E-state index >= 15 is 0 Å². The quantitative estimate of drug-likeness (QED) is 0.569. The first-order valence-electron chi connectivity index (χ1n) is 7.51. The number of anilines is 2. The molecule has 0 aliphatic carbocycles. The summed E-state index contributed by atoms with van der Waals surface area (Å²) < 4.78 is 27.6. The number of aryl methyl sites for hydroxylation is 1. The number of hydrogen-bond acceptors (Lipinski definition) is 5. The third kappa shape index (κ3) is 4.50. The van der Waals surface area contributed by atoms with E-state index in [1.165, 1.54) is 25.1 Å². The highest BCUT2D eigenvalue weighted by Gasteiger charge is 2.20. The molecular weight excluding hydrogens is 382 g/mol. The molecule has 26 heavy (non-hydrogen) atoms. The van der Waals surface area contributed by atoms with Crippen LogP contribution in [0.5, 0.6) is 0 Å². The zero-order chi connectivity index (χ0) is 19.5. The zero-order valence-electron chi connectivity index (χ0n) is 13.9. The number of nitro benzene ring substituents is 1. The topological polar surface area (TPSA) is 118 Å². The molecule has 138 valence electrons. The van der Waals surface area contributed by atoms with Gasteiger partial charge < -0.3 is 5.32 Å². The van der Waals surface area contributed by atoms with E-state index in [1.807, 2.05) is 0 Å².